The SMILES string of the molecule is CCOC(=O)NC1Cc2cccc3c(C(=O)c4ccccc4)ccc(c23)C1. The molecule has 0 saturated carbocycles. The van der Waals surface area contributed by atoms with Gasteiger partial charge < -0.3 is 10.1 Å². The third kappa shape index (κ3) is 3.31. The summed E-state index contributed by atoms with van der Waals surface area (Å²) in [5.74, 6) is 0.0334. The molecule has 0 aromatic heterocycles. The maximum absolute atomic E-state index is 13.0. The fourth-order valence-corrected chi connectivity index (χ4v) is 3.89. The highest BCUT2D eigenvalue weighted by atomic mass is 16.5. The van der Waals surface area contributed by atoms with Gasteiger partial charge in [-0.3, -0.25) is 4.79 Å². The van der Waals surface area contributed by atoms with Crippen molar-refractivity contribution in [3.8, 4) is 0 Å². The molecular formula is C23H21NO3. The van der Waals surface area contributed by atoms with E-state index >= 15 is 0 Å². The number of hydrogen-bond donors (Lipinski definition) is 1. The van der Waals surface area contributed by atoms with Crippen LogP contribution in [0.1, 0.15) is 34.0 Å². The number of ether oxygens (including phenoxy) is 1. The van der Waals surface area contributed by atoms with E-state index in [4.69, 9.17) is 4.74 Å². The van der Waals surface area contributed by atoms with E-state index in [2.05, 4.69) is 11.4 Å². The van der Waals surface area contributed by atoms with E-state index in [1.807, 2.05) is 54.6 Å². The molecule has 4 nitrogen and oxygen atoms in total. The molecule has 0 heterocycles. The van der Waals surface area contributed by atoms with Gasteiger partial charge in [0.1, 0.15) is 0 Å². The van der Waals surface area contributed by atoms with Crippen LogP contribution < -0.4 is 5.32 Å². The maximum Gasteiger partial charge on any atom is 0.407 e. The highest BCUT2D eigenvalue weighted by Gasteiger charge is 2.24. The second kappa shape index (κ2) is 7.23. The lowest BCUT2D eigenvalue weighted by Crippen LogP contribution is -2.40. The Kier molecular flexibility index (Phi) is 4.63. The molecule has 1 atom stereocenters. The Labute approximate surface area is 158 Å². The molecular weight excluding hydrogens is 338 g/mol. The van der Waals surface area contributed by atoms with E-state index in [1.54, 1.807) is 6.92 Å². The highest BCUT2D eigenvalue weighted by molar-refractivity contribution is 6.17. The number of hydrogen-bond acceptors (Lipinski definition) is 3. The van der Waals surface area contributed by atoms with Crippen LogP contribution in [-0.4, -0.2) is 24.5 Å². The molecule has 0 radical (unpaired) electrons. The first-order valence-corrected chi connectivity index (χ1v) is 9.24. The van der Waals surface area contributed by atoms with Crippen molar-refractivity contribution in [2.75, 3.05) is 6.61 Å². The Balaban J connectivity index is 1.71. The lowest BCUT2D eigenvalue weighted by Gasteiger charge is -2.26. The third-order valence-corrected chi connectivity index (χ3v) is 5.02. The zero-order chi connectivity index (χ0) is 18.8. The predicted molar refractivity (Wildman–Crippen MR) is 105 cm³/mol. The Morgan fingerprint density at radius 2 is 1.70 bits per heavy atom. The Bertz CT molecular complexity index is 999. The summed E-state index contributed by atoms with van der Waals surface area (Å²) in [7, 11) is 0. The number of amides is 1. The molecule has 0 saturated heterocycles. The van der Waals surface area contributed by atoms with E-state index in [9.17, 15) is 9.59 Å². The second-order valence-electron chi connectivity index (χ2n) is 6.78. The lowest BCUT2D eigenvalue weighted by atomic mass is 9.83. The monoisotopic (exact) mass is 359 g/mol. The van der Waals surface area contributed by atoms with Crippen LogP contribution in [0, 0.1) is 0 Å². The topological polar surface area (TPSA) is 55.4 Å². The summed E-state index contributed by atoms with van der Waals surface area (Å²) in [5.41, 5.74) is 3.71. The first-order chi connectivity index (χ1) is 13.2. The summed E-state index contributed by atoms with van der Waals surface area (Å²) in [6.07, 6.45) is 1.08. The van der Waals surface area contributed by atoms with Gasteiger partial charge in [0.15, 0.2) is 5.78 Å². The van der Waals surface area contributed by atoms with Crippen LogP contribution in [0.25, 0.3) is 10.8 Å². The Morgan fingerprint density at radius 1 is 0.963 bits per heavy atom. The van der Waals surface area contributed by atoms with E-state index in [0.29, 0.717) is 12.2 Å². The zero-order valence-corrected chi connectivity index (χ0v) is 15.2. The number of carbonyl (C=O) groups excluding carboxylic acids is 2. The average Bonchev–Trinajstić information content (AvgIpc) is 2.69. The smallest absolute Gasteiger partial charge is 0.407 e. The van der Waals surface area contributed by atoms with E-state index < -0.39 is 0 Å². The van der Waals surface area contributed by atoms with E-state index in [1.165, 1.54) is 0 Å². The van der Waals surface area contributed by atoms with Crippen LogP contribution in [0.5, 0.6) is 0 Å². The minimum Gasteiger partial charge on any atom is -0.450 e. The van der Waals surface area contributed by atoms with E-state index in [0.717, 1.165) is 40.3 Å². The summed E-state index contributed by atoms with van der Waals surface area (Å²) in [6.45, 7) is 2.15. The van der Waals surface area contributed by atoms with Crippen molar-refractivity contribution >= 4 is 22.6 Å². The standard InChI is InChI=1S/C23H21NO3/c1-2-27-23(26)24-18-13-16-9-6-10-19-20(12-11-17(14-18)21(16)19)22(25)15-7-4-3-5-8-15/h3-12,18H,2,13-14H2,1H3,(H,24,26). The zero-order valence-electron chi connectivity index (χ0n) is 15.2. The van der Waals surface area contributed by atoms with Gasteiger partial charge in [0.2, 0.25) is 0 Å². The number of rotatable bonds is 4. The normalized spacial score (nSPS) is 15.4. The first kappa shape index (κ1) is 17.3. The number of alkyl carbamates (subject to hydrolysis) is 1. The molecule has 0 spiro atoms. The summed E-state index contributed by atoms with van der Waals surface area (Å²) in [6, 6.07) is 19.3. The summed E-state index contributed by atoms with van der Waals surface area (Å²) in [5, 5.41) is 5.06. The molecule has 0 bridgehead atoms. The quantitative estimate of drug-likeness (QED) is 0.707. The van der Waals surface area contributed by atoms with Gasteiger partial charge in [-0.05, 0) is 41.7 Å². The summed E-state index contributed by atoms with van der Waals surface area (Å²) >= 11 is 0. The second-order valence-corrected chi connectivity index (χ2v) is 6.78. The van der Waals surface area contributed by atoms with Crippen molar-refractivity contribution in [3.05, 3.63) is 82.9 Å². The molecule has 1 N–H and O–H groups in total. The lowest BCUT2D eigenvalue weighted by molar-refractivity contribution is 0.104. The van der Waals surface area contributed by atoms with Gasteiger partial charge >= 0.3 is 6.09 Å². The van der Waals surface area contributed by atoms with Crippen molar-refractivity contribution in [1.29, 1.82) is 0 Å². The molecule has 1 amide bonds. The minimum absolute atomic E-state index is 0.00201. The summed E-state index contributed by atoms with van der Waals surface area (Å²) < 4.78 is 5.01. The predicted octanol–water partition coefficient (Wildman–Crippen LogP) is 4.28. The molecule has 136 valence electrons. The van der Waals surface area contributed by atoms with Crippen molar-refractivity contribution in [2.45, 2.75) is 25.8 Å². The molecule has 1 unspecified atom stereocenters. The minimum atomic E-state index is -0.381. The van der Waals surface area contributed by atoms with Gasteiger partial charge in [0.05, 0.1) is 6.61 Å². The van der Waals surface area contributed by atoms with Crippen LogP contribution in [0.15, 0.2) is 60.7 Å². The van der Waals surface area contributed by atoms with Gasteiger partial charge in [-0.15, -0.1) is 0 Å². The highest BCUT2D eigenvalue weighted by Crippen LogP contribution is 2.33. The Morgan fingerprint density at radius 3 is 2.44 bits per heavy atom. The fourth-order valence-electron chi connectivity index (χ4n) is 3.89. The van der Waals surface area contributed by atoms with Gasteiger partial charge in [-0.2, -0.15) is 0 Å². The molecule has 0 aliphatic heterocycles. The van der Waals surface area contributed by atoms with Gasteiger partial charge in [-0.25, -0.2) is 4.79 Å². The average molecular weight is 359 g/mol. The van der Waals surface area contributed by atoms with Crippen molar-refractivity contribution in [1.82, 2.24) is 5.32 Å². The van der Waals surface area contributed by atoms with Gasteiger partial charge in [0.25, 0.3) is 0 Å². The molecule has 3 aromatic carbocycles. The maximum atomic E-state index is 13.0. The van der Waals surface area contributed by atoms with Crippen LogP contribution in [-0.2, 0) is 17.6 Å². The number of carbonyl (C=O) groups is 2. The first-order valence-electron chi connectivity index (χ1n) is 9.24. The molecule has 4 heteroatoms. The van der Waals surface area contributed by atoms with E-state index in [-0.39, 0.29) is 17.9 Å². The molecule has 4 rings (SSSR count). The number of benzene rings is 3. The fraction of sp³-hybridized carbons (Fsp3) is 0.217. The van der Waals surface area contributed by atoms with Crippen LogP contribution in [0.4, 0.5) is 4.79 Å². The largest absolute Gasteiger partial charge is 0.450 e. The van der Waals surface area contributed by atoms with Crippen molar-refractivity contribution in [3.63, 3.8) is 0 Å². The van der Waals surface area contributed by atoms with Gasteiger partial charge in [-0.1, -0.05) is 60.7 Å². The Hall–Kier alpha value is -3.14. The molecule has 1 aliphatic carbocycles. The van der Waals surface area contributed by atoms with Crippen molar-refractivity contribution < 1.29 is 14.3 Å². The summed E-state index contributed by atoms with van der Waals surface area (Å²) in [4.78, 5) is 24.8. The third-order valence-electron chi connectivity index (χ3n) is 5.02. The molecule has 1 aliphatic rings. The van der Waals surface area contributed by atoms with Crippen molar-refractivity contribution in [2.24, 2.45) is 0 Å². The van der Waals surface area contributed by atoms with Gasteiger partial charge in [0, 0.05) is 17.2 Å². The van der Waals surface area contributed by atoms with Crippen LogP contribution in [0.3, 0.4) is 0 Å². The van der Waals surface area contributed by atoms with Crippen LogP contribution in [0.2, 0.25) is 0 Å². The molecule has 0 fully saturated rings. The number of ketones is 1. The number of nitrogens with one attached hydrogen (secondary N) is 1. The van der Waals surface area contributed by atoms with Crippen LogP contribution >= 0.6 is 0 Å². The molecule has 3 aromatic rings. The molecule has 27 heavy (non-hydrogen) atoms.